The number of nitrogens with zero attached hydrogens (tertiary/aromatic N) is 1. The van der Waals surface area contributed by atoms with Crippen LogP contribution in [0.1, 0.15) is 5.56 Å². The molecule has 4 N–H and O–H groups in total. The molecule has 0 saturated carbocycles. The Morgan fingerprint density at radius 1 is 1.53 bits per heavy atom. The molecule has 19 heavy (non-hydrogen) atoms. The van der Waals surface area contributed by atoms with Crippen LogP contribution in [0, 0.1) is 0 Å². The van der Waals surface area contributed by atoms with Crippen LogP contribution in [0.2, 0.25) is 0 Å². The van der Waals surface area contributed by atoms with E-state index in [0.717, 1.165) is 24.0 Å². The van der Waals surface area contributed by atoms with Crippen LogP contribution in [-0.2, 0) is 13.5 Å². The zero-order valence-corrected chi connectivity index (χ0v) is 10.9. The van der Waals surface area contributed by atoms with Crippen molar-refractivity contribution in [1.29, 1.82) is 0 Å². The maximum Gasteiger partial charge on any atom is 0.419 e. The summed E-state index contributed by atoms with van der Waals surface area (Å²) in [5, 5.41) is 12.4. The van der Waals surface area contributed by atoms with Crippen molar-refractivity contribution in [3.05, 3.63) is 34.3 Å². The zero-order valence-electron chi connectivity index (χ0n) is 10.9. The van der Waals surface area contributed by atoms with Crippen molar-refractivity contribution in [2.24, 2.45) is 12.8 Å². The molecule has 104 valence electrons. The van der Waals surface area contributed by atoms with Crippen molar-refractivity contribution in [2.45, 2.75) is 12.5 Å². The normalized spacial score (nSPS) is 13.0. The number of aromatic nitrogens is 1. The molecule has 0 saturated heterocycles. The summed E-state index contributed by atoms with van der Waals surface area (Å²) in [6.45, 7) is 1.48. The van der Waals surface area contributed by atoms with Crippen molar-refractivity contribution in [3.63, 3.8) is 0 Å². The number of rotatable bonds is 6. The lowest BCUT2D eigenvalue weighted by Crippen LogP contribution is -2.33. The van der Waals surface area contributed by atoms with Crippen LogP contribution in [0.5, 0.6) is 0 Å². The van der Waals surface area contributed by atoms with Gasteiger partial charge in [-0.2, -0.15) is 0 Å². The number of hydrogen-bond acceptors (Lipinski definition) is 5. The van der Waals surface area contributed by atoms with Gasteiger partial charge in [0.15, 0.2) is 5.58 Å². The van der Waals surface area contributed by atoms with Gasteiger partial charge in [0, 0.05) is 20.1 Å². The molecule has 0 aliphatic heterocycles. The number of hydrogen-bond donors (Lipinski definition) is 3. The number of aliphatic hydroxyl groups excluding tert-OH is 1. The van der Waals surface area contributed by atoms with E-state index >= 15 is 0 Å². The first-order valence-electron chi connectivity index (χ1n) is 6.29. The van der Waals surface area contributed by atoms with Gasteiger partial charge in [-0.1, -0.05) is 6.07 Å². The van der Waals surface area contributed by atoms with Crippen molar-refractivity contribution >= 4 is 11.1 Å². The van der Waals surface area contributed by atoms with Crippen molar-refractivity contribution in [3.8, 4) is 0 Å². The van der Waals surface area contributed by atoms with Gasteiger partial charge in [0.1, 0.15) is 0 Å². The summed E-state index contributed by atoms with van der Waals surface area (Å²) in [7, 11) is 1.68. The molecule has 0 bridgehead atoms. The maximum absolute atomic E-state index is 11.4. The summed E-state index contributed by atoms with van der Waals surface area (Å²) < 4.78 is 6.61. The van der Waals surface area contributed by atoms with Crippen LogP contribution < -0.4 is 16.8 Å². The Kier molecular flexibility index (Phi) is 4.36. The van der Waals surface area contributed by atoms with Crippen LogP contribution in [-0.4, -0.2) is 35.4 Å². The van der Waals surface area contributed by atoms with E-state index in [9.17, 15) is 9.90 Å². The van der Waals surface area contributed by atoms with Gasteiger partial charge in [0.05, 0.1) is 11.6 Å². The lowest BCUT2D eigenvalue weighted by atomic mass is 10.1. The van der Waals surface area contributed by atoms with Gasteiger partial charge in [-0.25, -0.2) is 4.79 Å². The topological polar surface area (TPSA) is 93.4 Å². The monoisotopic (exact) mass is 265 g/mol. The predicted molar refractivity (Wildman–Crippen MR) is 73.1 cm³/mol. The Balaban J connectivity index is 1.96. The number of nitrogens with two attached hydrogens (primary N) is 1. The summed E-state index contributed by atoms with van der Waals surface area (Å²) in [6.07, 6.45) is 0.292. The van der Waals surface area contributed by atoms with E-state index in [-0.39, 0.29) is 12.3 Å². The molecule has 6 nitrogen and oxygen atoms in total. The van der Waals surface area contributed by atoms with Crippen LogP contribution in [0.3, 0.4) is 0 Å². The summed E-state index contributed by atoms with van der Waals surface area (Å²) in [5.41, 5.74) is 7.79. The molecule has 0 fully saturated rings. The van der Waals surface area contributed by atoms with E-state index in [1.54, 1.807) is 7.05 Å². The number of benzene rings is 1. The zero-order chi connectivity index (χ0) is 13.8. The van der Waals surface area contributed by atoms with E-state index < -0.39 is 6.10 Å². The molecule has 1 atom stereocenters. The average molecular weight is 265 g/mol. The van der Waals surface area contributed by atoms with Gasteiger partial charge in [0.25, 0.3) is 0 Å². The molecule has 2 rings (SSSR count). The lowest BCUT2D eigenvalue weighted by Gasteiger charge is -2.09. The van der Waals surface area contributed by atoms with E-state index in [0.29, 0.717) is 12.1 Å². The van der Waals surface area contributed by atoms with Gasteiger partial charge in [-0.3, -0.25) is 4.57 Å². The first-order valence-corrected chi connectivity index (χ1v) is 6.29. The number of aliphatic hydroxyl groups is 1. The van der Waals surface area contributed by atoms with Gasteiger partial charge >= 0.3 is 5.76 Å². The quantitative estimate of drug-likeness (QED) is 0.617. The van der Waals surface area contributed by atoms with E-state index in [1.807, 2.05) is 18.2 Å². The molecule has 2 aromatic rings. The standard InChI is InChI=1S/C13H19N3O3/c1-16-11-3-2-9(6-12(11)19-13(16)18)4-5-15-8-10(17)7-14/h2-3,6,10,15,17H,4-5,7-8,14H2,1H3. The molecular formula is C13H19N3O3. The molecule has 0 aliphatic carbocycles. The van der Waals surface area contributed by atoms with Crippen LogP contribution in [0.4, 0.5) is 0 Å². The number of aryl methyl sites for hydroxylation is 1. The molecule has 0 radical (unpaired) electrons. The lowest BCUT2D eigenvalue weighted by molar-refractivity contribution is 0.180. The van der Waals surface area contributed by atoms with E-state index in [4.69, 9.17) is 10.2 Å². The highest BCUT2D eigenvalue weighted by atomic mass is 16.4. The van der Waals surface area contributed by atoms with Crippen molar-refractivity contribution in [1.82, 2.24) is 9.88 Å². The maximum atomic E-state index is 11.4. The molecule has 1 heterocycles. The highest BCUT2D eigenvalue weighted by Crippen LogP contribution is 2.14. The highest BCUT2D eigenvalue weighted by Gasteiger charge is 2.06. The minimum atomic E-state index is -0.505. The second-order valence-corrected chi connectivity index (χ2v) is 4.57. The third kappa shape index (κ3) is 3.23. The van der Waals surface area contributed by atoms with Crippen molar-refractivity contribution in [2.75, 3.05) is 19.6 Å². The van der Waals surface area contributed by atoms with Gasteiger partial charge in [0.2, 0.25) is 0 Å². The first kappa shape index (κ1) is 13.8. The molecule has 0 amide bonds. The predicted octanol–water partition coefficient (Wildman–Crippen LogP) is -0.417. The largest absolute Gasteiger partial charge is 0.419 e. The third-order valence-electron chi connectivity index (χ3n) is 3.10. The SMILES string of the molecule is Cn1c(=O)oc2cc(CCNCC(O)CN)ccc21. The van der Waals surface area contributed by atoms with Crippen LogP contribution in [0.25, 0.3) is 11.1 Å². The Bertz CT molecular complexity index is 603. The van der Waals surface area contributed by atoms with Gasteiger partial charge in [-0.15, -0.1) is 0 Å². The average Bonchev–Trinajstić information content (AvgIpc) is 2.69. The Labute approximate surface area is 110 Å². The number of nitrogens with one attached hydrogen (secondary N) is 1. The Hall–Kier alpha value is -1.63. The van der Waals surface area contributed by atoms with E-state index in [1.165, 1.54) is 4.57 Å². The van der Waals surface area contributed by atoms with Gasteiger partial charge in [-0.05, 0) is 30.7 Å². The summed E-state index contributed by atoms with van der Waals surface area (Å²) in [4.78, 5) is 11.4. The molecular weight excluding hydrogens is 246 g/mol. The molecule has 6 heteroatoms. The Morgan fingerprint density at radius 2 is 2.32 bits per heavy atom. The summed E-state index contributed by atoms with van der Waals surface area (Å²) in [6, 6.07) is 5.72. The third-order valence-corrected chi connectivity index (χ3v) is 3.10. The molecule has 1 aromatic heterocycles. The van der Waals surface area contributed by atoms with Gasteiger partial charge < -0.3 is 20.6 Å². The number of oxazole rings is 1. The van der Waals surface area contributed by atoms with E-state index in [2.05, 4.69) is 5.32 Å². The first-order chi connectivity index (χ1) is 9.11. The molecule has 0 spiro atoms. The summed E-state index contributed by atoms with van der Waals surface area (Å²) in [5.74, 6) is -0.351. The highest BCUT2D eigenvalue weighted by molar-refractivity contribution is 5.73. The second kappa shape index (κ2) is 6.01. The minimum Gasteiger partial charge on any atom is -0.408 e. The van der Waals surface area contributed by atoms with Crippen LogP contribution in [0.15, 0.2) is 27.4 Å². The molecule has 1 aromatic carbocycles. The van der Waals surface area contributed by atoms with Crippen LogP contribution >= 0.6 is 0 Å². The summed E-state index contributed by atoms with van der Waals surface area (Å²) >= 11 is 0. The second-order valence-electron chi connectivity index (χ2n) is 4.57. The smallest absolute Gasteiger partial charge is 0.408 e. The Morgan fingerprint density at radius 3 is 3.05 bits per heavy atom. The minimum absolute atomic E-state index is 0.258. The number of fused-ring (bicyclic) bond motifs is 1. The fourth-order valence-corrected chi connectivity index (χ4v) is 1.92. The fourth-order valence-electron chi connectivity index (χ4n) is 1.92. The molecule has 0 aliphatic rings. The fraction of sp³-hybridized carbons (Fsp3) is 0.462. The van der Waals surface area contributed by atoms with Crippen molar-refractivity contribution < 1.29 is 9.52 Å². The molecule has 1 unspecified atom stereocenters.